The van der Waals surface area contributed by atoms with Crippen molar-refractivity contribution in [3.05, 3.63) is 72.6 Å². The van der Waals surface area contributed by atoms with E-state index in [9.17, 15) is 19.2 Å². The van der Waals surface area contributed by atoms with Crippen LogP contribution >= 0.6 is 0 Å². The lowest BCUT2D eigenvalue weighted by atomic mass is 10.0. The topological polar surface area (TPSA) is 211 Å². The van der Waals surface area contributed by atoms with Gasteiger partial charge in [-0.15, -0.1) is 0 Å². The number of imidazole rings is 2. The highest BCUT2D eigenvalue weighted by Gasteiger charge is 2.29. The molecule has 2 aromatic carbocycles. The zero-order chi connectivity index (χ0) is 40.8. The molecule has 0 aliphatic rings. The maximum absolute atomic E-state index is 13.2. The van der Waals surface area contributed by atoms with Crippen molar-refractivity contribution in [2.45, 2.75) is 64.7 Å². The van der Waals surface area contributed by atoms with Gasteiger partial charge in [0.15, 0.2) is 0 Å². The fourth-order valence-electron chi connectivity index (χ4n) is 5.99. The van der Waals surface area contributed by atoms with E-state index in [4.69, 9.17) is 18.9 Å². The number of hydrogen-bond donors (Lipinski definition) is 6. The van der Waals surface area contributed by atoms with Crippen LogP contribution in [0.25, 0.3) is 33.6 Å². The molecule has 0 spiro atoms. The summed E-state index contributed by atoms with van der Waals surface area (Å²) >= 11 is 0. The highest BCUT2D eigenvalue weighted by atomic mass is 16.5. The van der Waals surface area contributed by atoms with Crippen LogP contribution in [0.2, 0.25) is 0 Å². The predicted octanol–water partition coefficient (Wildman–Crippen LogP) is 5.28. The number of rotatable bonds is 19. The molecule has 56 heavy (non-hydrogen) atoms. The van der Waals surface area contributed by atoms with Gasteiger partial charge >= 0.3 is 12.2 Å². The summed E-state index contributed by atoms with van der Waals surface area (Å²) in [6, 6.07) is 13.6. The first kappa shape index (κ1) is 43.0. The first-order chi connectivity index (χ1) is 26.9. The number of H-pyrrole nitrogens is 2. The Balaban J connectivity index is 1.43. The van der Waals surface area contributed by atoms with E-state index in [0.717, 1.165) is 33.6 Å². The molecule has 16 heteroatoms. The quantitative estimate of drug-likeness (QED) is 0.0726. The third-order valence-corrected chi connectivity index (χ3v) is 9.24. The molecule has 4 rings (SSSR count). The van der Waals surface area contributed by atoms with Crippen LogP contribution in [0.5, 0.6) is 0 Å². The van der Waals surface area contributed by atoms with Crippen LogP contribution in [0.15, 0.2) is 60.9 Å². The highest BCUT2D eigenvalue weighted by Crippen LogP contribution is 2.29. The van der Waals surface area contributed by atoms with Crippen molar-refractivity contribution in [1.29, 1.82) is 0 Å². The molecule has 4 amide bonds. The van der Waals surface area contributed by atoms with Crippen molar-refractivity contribution >= 4 is 24.0 Å². The zero-order valence-electron chi connectivity index (χ0n) is 33.2. The third kappa shape index (κ3) is 11.6. The first-order valence-corrected chi connectivity index (χ1v) is 18.5. The molecule has 0 radical (unpaired) electrons. The molecule has 0 fully saturated rings. The SMILES string of the molecule is COCC[C@H](NC(=O)OC)C(=O)N[C@@H](c1ncc(-c2ccc(-c3ccc(-c4cnc([C@H](NC(=O)[C@H](CCOC)NC(=O)OC)C(C)C)[nH]4)cc3)cc2)[nH]1)C(C)C. The minimum atomic E-state index is -0.836. The molecule has 0 unspecified atom stereocenters. The van der Waals surface area contributed by atoms with Crippen LogP contribution in [0.1, 0.15) is 64.3 Å². The summed E-state index contributed by atoms with van der Waals surface area (Å²) in [5.74, 6) is 0.451. The molecular formula is C40H54N8O8. The second-order valence-corrected chi connectivity index (χ2v) is 13.9. The van der Waals surface area contributed by atoms with E-state index < -0.39 is 36.4 Å². The van der Waals surface area contributed by atoms with Gasteiger partial charge in [0.25, 0.3) is 0 Å². The van der Waals surface area contributed by atoms with Crippen LogP contribution in [-0.2, 0) is 28.5 Å². The lowest BCUT2D eigenvalue weighted by molar-refractivity contribution is -0.125. The average molecular weight is 775 g/mol. The number of amides is 4. The summed E-state index contributed by atoms with van der Waals surface area (Å²) < 4.78 is 19.6. The van der Waals surface area contributed by atoms with E-state index in [0.29, 0.717) is 11.6 Å². The minimum absolute atomic E-state index is 0.00353. The molecule has 4 aromatic rings. The second kappa shape index (κ2) is 20.8. The summed E-state index contributed by atoms with van der Waals surface area (Å²) in [6.07, 6.45) is 2.64. The number of carbonyl (C=O) groups is 4. The van der Waals surface area contributed by atoms with Crippen LogP contribution in [0.3, 0.4) is 0 Å². The lowest BCUT2D eigenvalue weighted by Gasteiger charge is -2.24. The summed E-state index contributed by atoms with van der Waals surface area (Å²) in [7, 11) is 5.55. The van der Waals surface area contributed by atoms with E-state index in [2.05, 4.69) is 41.2 Å². The van der Waals surface area contributed by atoms with Crippen molar-refractivity contribution in [3.8, 4) is 33.6 Å². The van der Waals surface area contributed by atoms with Gasteiger partial charge < -0.3 is 50.2 Å². The second-order valence-electron chi connectivity index (χ2n) is 13.9. The molecule has 0 saturated heterocycles. The smallest absolute Gasteiger partial charge is 0.407 e. The Kier molecular flexibility index (Phi) is 16.0. The number of methoxy groups -OCH3 is 4. The highest BCUT2D eigenvalue weighted by molar-refractivity contribution is 5.86. The number of nitrogens with zero attached hydrogens (tertiary/aromatic N) is 2. The Bertz CT molecular complexity index is 1740. The van der Waals surface area contributed by atoms with Crippen LogP contribution in [0, 0.1) is 11.8 Å². The van der Waals surface area contributed by atoms with E-state index in [1.54, 1.807) is 12.4 Å². The molecule has 0 saturated carbocycles. The monoisotopic (exact) mass is 774 g/mol. The van der Waals surface area contributed by atoms with Gasteiger partial charge in [-0.3, -0.25) is 9.59 Å². The number of ether oxygens (including phenoxy) is 4. The van der Waals surface area contributed by atoms with Crippen molar-refractivity contribution in [1.82, 2.24) is 41.2 Å². The number of aromatic amines is 2. The first-order valence-electron chi connectivity index (χ1n) is 18.5. The Hall–Kier alpha value is -5.74. The molecule has 2 aromatic heterocycles. The maximum atomic E-state index is 13.2. The van der Waals surface area contributed by atoms with Crippen LogP contribution < -0.4 is 21.3 Å². The number of alkyl carbamates (subject to hydrolysis) is 2. The molecule has 6 N–H and O–H groups in total. The number of benzene rings is 2. The van der Waals surface area contributed by atoms with E-state index >= 15 is 0 Å². The van der Waals surface area contributed by atoms with Crippen molar-refractivity contribution in [2.24, 2.45) is 11.8 Å². The standard InChI is InChI=1S/C40H54N8O8/c1-23(2)33(47-37(49)29(17-19-53-5)45-39(51)55-7)35-41-21-31(43-35)27-13-9-25(10-14-27)26-11-15-28(16-12-26)32-22-42-36(44-32)34(24(3)4)48-38(50)30(18-20-54-6)46-40(52)56-8/h9-16,21-24,29-30,33-34H,17-20H2,1-8H3,(H,41,43)(H,42,44)(H,45,51)(H,46,52)(H,47,49)(H,48,50)/t29-,30-,33+,34+/m0/s1. The molecular weight excluding hydrogens is 720 g/mol. The largest absolute Gasteiger partial charge is 0.453 e. The fourth-order valence-corrected chi connectivity index (χ4v) is 5.99. The van der Waals surface area contributed by atoms with E-state index in [1.807, 2.05) is 76.2 Å². The van der Waals surface area contributed by atoms with Crippen molar-refractivity contribution < 1.29 is 38.1 Å². The molecule has 302 valence electrons. The van der Waals surface area contributed by atoms with Gasteiger partial charge in [-0.25, -0.2) is 19.6 Å². The summed E-state index contributed by atoms with van der Waals surface area (Å²) in [5, 5.41) is 11.2. The van der Waals surface area contributed by atoms with Crippen LogP contribution in [-0.4, -0.2) is 97.7 Å². The minimum Gasteiger partial charge on any atom is -0.453 e. The third-order valence-electron chi connectivity index (χ3n) is 9.24. The normalized spacial score (nSPS) is 13.4. The molecule has 4 atom stereocenters. The molecule has 16 nitrogen and oxygen atoms in total. The number of carbonyl (C=O) groups excluding carboxylic acids is 4. The zero-order valence-corrected chi connectivity index (χ0v) is 33.2. The van der Waals surface area contributed by atoms with Gasteiger partial charge in [0.2, 0.25) is 11.8 Å². The Morgan fingerprint density at radius 2 is 0.893 bits per heavy atom. The van der Waals surface area contributed by atoms with Gasteiger partial charge in [0.1, 0.15) is 23.7 Å². The van der Waals surface area contributed by atoms with Gasteiger partial charge in [-0.2, -0.15) is 0 Å². The van der Waals surface area contributed by atoms with E-state index in [1.165, 1.54) is 28.4 Å². The molecule has 0 bridgehead atoms. The van der Waals surface area contributed by atoms with Gasteiger partial charge in [-0.1, -0.05) is 76.2 Å². The van der Waals surface area contributed by atoms with Gasteiger partial charge in [0, 0.05) is 40.3 Å². The van der Waals surface area contributed by atoms with Crippen LogP contribution in [0.4, 0.5) is 9.59 Å². The Morgan fingerprint density at radius 3 is 1.20 bits per heavy atom. The van der Waals surface area contributed by atoms with Gasteiger partial charge in [0.05, 0.1) is 50.1 Å². The predicted molar refractivity (Wildman–Crippen MR) is 210 cm³/mol. The van der Waals surface area contributed by atoms with Gasteiger partial charge in [-0.05, 0) is 34.1 Å². The molecule has 0 aliphatic heterocycles. The Morgan fingerprint density at radius 1 is 0.554 bits per heavy atom. The van der Waals surface area contributed by atoms with E-state index in [-0.39, 0.29) is 49.7 Å². The Labute approximate surface area is 327 Å². The summed E-state index contributed by atoms with van der Waals surface area (Å²) in [6.45, 7) is 8.48. The fraction of sp³-hybridized carbons (Fsp3) is 0.450. The number of nitrogens with one attached hydrogen (secondary N) is 6. The average Bonchev–Trinajstić information content (AvgIpc) is 3.90. The summed E-state index contributed by atoms with van der Waals surface area (Å²) in [4.78, 5) is 66.0. The van der Waals surface area contributed by atoms with Crippen molar-refractivity contribution in [3.63, 3.8) is 0 Å². The number of aromatic nitrogens is 4. The maximum Gasteiger partial charge on any atom is 0.407 e. The van der Waals surface area contributed by atoms with Crippen molar-refractivity contribution in [2.75, 3.05) is 41.7 Å². The molecule has 2 heterocycles. The molecule has 0 aliphatic carbocycles. The number of hydrogen-bond acceptors (Lipinski definition) is 10. The summed E-state index contributed by atoms with van der Waals surface area (Å²) in [5.41, 5.74) is 5.47. The lowest BCUT2D eigenvalue weighted by Crippen LogP contribution is -2.49.